The smallest absolute Gasteiger partial charge is 0.318 e. The number of fused-ring (bicyclic) bond motifs is 1. The number of benzene rings is 1. The lowest BCUT2D eigenvalue weighted by molar-refractivity contribution is -0.156. The highest BCUT2D eigenvalue weighted by molar-refractivity contribution is 5.92. The molecule has 2 N–H and O–H groups in total. The second-order valence-corrected chi connectivity index (χ2v) is 3.96. The van der Waals surface area contributed by atoms with E-state index in [-0.39, 0.29) is 13.0 Å². The molecular weight excluding hydrogens is 240 g/mol. The summed E-state index contributed by atoms with van der Waals surface area (Å²) >= 11 is 0. The van der Waals surface area contributed by atoms with Gasteiger partial charge in [0.1, 0.15) is 12.7 Å². The van der Waals surface area contributed by atoms with E-state index in [9.17, 15) is 9.59 Å². The van der Waals surface area contributed by atoms with E-state index in [1.165, 1.54) is 0 Å². The molecule has 1 aliphatic heterocycles. The molecule has 1 heterocycles. The average molecular weight is 252 g/mol. The molecule has 6 nitrogen and oxygen atoms in total. The van der Waals surface area contributed by atoms with Gasteiger partial charge < -0.3 is 19.7 Å². The molecule has 0 saturated heterocycles. The Morgan fingerprint density at radius 1 is 1.22 bits per heavy atom. The van der Waals surface area contributed by atoms with Gasteiger partial charge in [0, 0.05) is 6.42 Å². The molecule has 1 atom stereocenters. The predicted octanol–water partition coefficient (Wildman–Crippen LogP) is 1.00. The van der Waals surface area contributed by atoms with Gasteiger partial charge in [-0.25, -0.2) is 0 Å². The number of carboxylic acid groups (broad SMARTS) is 2. The molecule has 96 valence electrons. The van der Waals surface area contributed by atoms with E-state index in [0.717, 1.165) is 0 Å². The summed E-state index contributed by atoms with van der Waals surface area (Å²) in [6.07, 6.45) is -0.698. The zero-order chi connectivity index (χ0) is 13.1. The Labute approximate surface area is 103 Å². The van der Waals surface area contributed by atoms with E-state index in [4.69, 9.17) is 19.7 Å². The Morgan fingerprint density at radius 2 is 1.83 bits per heavy atom. The molecule has 1 aliphatic rings. The highest BCUT2D eigenvalue weighted by atomic mass is 16.6. The van der Waals surface area contributed by atoms with Crippen LogP contribution >= 0.6 is 0 Å². The first-order valence-corrected chi connectivity index (χ1v) is 5.42. The monoisotopic (exact) mass is 252 g/mol. The molecular formula is C12H12O6. The van der Waals surface area contributed by atoms with Gasteiger partial charge >= 0.3 is 11.9 Å². The normalized spacial score (nSPS) is 17.5. The maximum Gasteiger partial charge on any atom is 0.318 e. The van der Waals surface area contributed by atoms with Crippen LogP contribution < -0.4 is 9.47 Å². The first-order chi connectivity index (χ1) is 8.58. The molecule has 1 aromatic rings. The minimum absolute atomic E-state index is 0.126. The van der Waals surface area contributed by atoms with Crippen molar-refractivity contribution >= 4 is 11.9 Å². The Morgan fingerprint density at radius 3 is 2.44 bits per heavy atom. The standard InChI is InChI=1S/C12H12O6/c13-11(14)8(12(15)16)5-7-6-17-9-3-1-2-4-10(9)18-7/h1-4,7-8H,5-6H2,(H,13,14)(H,15,16). The minimum Gasteiger partial charge on any atom is -0.486 e. The quantitative estimate of drug-likeness (QED) is 0.776. The number of para-hydroxylation sites is 2. The van der Waals surface area contributed by atoms with Gasteiger partial charge in [-0.1, -0.05) is 12.1 Å². The summed E-state index contributed by atoms with van der Waals surface area (Å²) in [5, 5.41) is 17.6. The van der Waals surface area contributed by atoms with Crippen molar-refractivity contribution in [3.63, 3.8) is 0 Å². The van der Waals surface area contributed by atoms with E-state index in [2.05, 4.69) is 0 Å². The molecule has 0 radical (unpaired) electrons. The number of carboxylic acids is 2. The van der Waals surface area contributed by atoms with Crippen LogP contribution in [0.25, 0.3) is 0 Å². The Bertz CT molecular complexity index is 455. The van der Waals surface area contributed by atoms with Gasteiger partial charge in [-0.05, 0) is 12.1 Å². The lowest BCUT2D eigenvalue weighted by Gasteiger charge is -2.27. The Hall–Kier alpha value is -2.24. The van der Waals surface area contributed by atoms with Crippen LogP contribution in [0.3, 0.4) is 0 Å². The van der Waals surface area contributed by atoms with Crippen molar-refractivity contribution in [2.45, 2.75) is 12.5 Å². The van der Waals surface area contributed by atoms with Crippen molar-refractivity contribution in [2.75, 3.05) is 6.61 Å². The van der Waals surface area contributed by atoms with Crippen LogP contribution in [0.4, 0.5) is 0 Å². The lowest BCUT2D eigenvalue weighted by atomic mass is 10.0. The summed E-state index contributed by atoms with van der Waals surface area (Å²) < 4.78 is 10.9. The fourth-order valence-corrected chi connectivity index (χ4v) is 1.75. The van der Waals surface area contributed by atoms with E-state index in [1.54, 1.807) is 24.3 Å². The van der Waals surface area contributed by atoms with Crippen molar-refractivity contribution in [2.24, 2.45) is 5.92 Å². The number of ether oxygens (including phenoxy) is 2. The predicted molar refractivity (Wildman–Crippen MR) is 59.7 cm³/mol. The molecule has 6 heteroatoms. The van der Waals surface area contributed by atoms with Crippen LogP contribution in [0, 0.1) is 5.92 Å². The molecule has 0 spiro atoms. The molecule has 0 saturated carbocycles. The van der Waals surface area contributed by atoms with Gasteiger partial charge in [-0.3, -0.25) is 9.59 Å². The van der Waals surface area contributed by atoms with Crippen LogP contribution in [0.15, 0.2) is 24.3 Å². The SMILES string of the molecule is O=C(O)C(CC1COc2ccccc2O1)C(=O)O. The van der Waals surface area contributed by atoms with Crippen LogP contribution in [0.2, 0.25) is 0 Å². The Balaban J connectivity index is 2.05. The van der Waals surface area contributed by atoms with Gasteiger partial charge in [0.15, 0.2) is 17.4 Å². The van der Waals surface area contributed by atoms with Gasteiger partial charge in [0.05, 0.1) is 0 Å². The van der Waals surface area contributed by atoms with Gasteiger partial charge in [-0.15, -0.1) is 0 Å². The molecule has 0 bridgehead atoms. The summed E-state index contributed by atoms with van der Waals surface area (Å²) in [7, 11) is 0. The fourth-order valence-electron chi connectivity index (χ4n) is 1.75. The zero-order valence-corrected chi connectivity index (χ0v) is 9.41. The third-order valence-electron chi connectivity index (χ3n) is 2.66. The third kappa shape index (κ3) is 2.53. The van der Waals surface area contributed by atoms with Gasteiger partial charge in [-0.2, -0.15) is 0 Å². The number of hydrogen-bond acceptors (Lipinski definition) is 4. The van der Waals surface area contributed by atoms with Crippen molar-refractivity contribution in [1.82, 2.24) is 0 Å². The largest absolute Gasteiger partial charge is 0.486 e. The maximum atomic E-state index is 10.8. The highest BCUT2D eigenvalue weighted by Gasteiger charge is 2.32. The molecule has 0 aliphatic carbocycles. The maximum absolute atomic E-state index is 10.8. The average Bonchev–Trinajstić information content (AvgIpc) is 2.35. The number of hydrogen-bond donors (Lipinski definition) is 2. The number of rotatable bonds is 4. The molecule has 2 rings (SSSR count). The number of aliphatic carboxylic acids is 2. The van der Waals surface area contributed by atoms with E-state index in [0.29, 0.717) is 11.5 Å². The fraction of sp³-hybridized carbons (Fsp3) is 0.333. The van der Waals surface area contributed by atoms with E-state index < -0.39 is 24.0 Å². The molecule has 1 aromatic carbocycles. The first kappa shape index (κ1) is 12.2. The van der Waals surface area contributed by atoms with Gasteiger partial charge in [0.25, 0.3) is 0 Å². The summed E-state index contributed by atoms with van der Waals surface area (Å²) in [6, 6.07) is 6.98. The topological polar surface area (TPSA) is 93.1 Å². The second kappa shape index (κ2) is 4.95. The van der Waals surface area contributed by atoms with E-state index in [1.807, 2.05) is 0 Å². The highest BCUT2D eigenvalue weighted by Crippen LogP contribution is 2.32. The van der Waals surface area contributed by atoms with E-state index >= 15 is 0 Å². The molecule has 0 fully saturated rings. The van der Waals surface area contributed by atoms with Crippen molar-refractivity contribution in [3.8, 4) is 11.5 Å². The van der Waals surface area contributed by atoms with Crippen LogP contribution in [-0.2, 0) is 9.59 Å². The summed E-state index contributed by atoms with van der Waals surface area (Å²) in [6.45, 7) is 0.147. The summed E-state index contributed by atoms with van der Waals surface area (Å²) in [5.74, 6) is -3.14. The Kier molecular flexibility index (Phi) is 3.36. The van der Waals surface area contributed by atoms with Crippen LogP contribution in [0.1, 0.15) is 6.42 Å². The second-order valence-electron chi connectivity index (χ2n) is 3.96. The molecule has 0 aromatic heterocycles. The zero-order valence-electron chi connectivity index (χ0n) is 9.41. The van der Waals surface area contributed by atoms with Crippen molar-refractivity contribution < 1.29 is 29.3 Å². The third-order valence-corrected chi connectivity index (χ3v) is 2.66. The van der Waals surface area contributed by atoms with Crippen molar-refractivity contribution in [3.05, 3.63) is 24.3 Å². The number of carbonyl (C=O) groups is 2. The van der Waals surface area contributed by atoms with Crippen LogP contribution in [-0.4, -0.2) is 34.9 Å². The lowest BCUT2D eigenvalue weighted by Crippen LogP contribution is -2.35. The molecule has 1 unspecified atom stereocenters. The first-order valence-electron chi connectivity index (χ1n) is 5.42. The van der Waals surface area contributed by atoms with Gasteiger partial charge in [0.2, 0.25) is 0 Å². The van der Waals surface area contributed by atoms with Crippen molar-refractivity contribution in [1.29, 1.82) is 0 Å². The molecule has 18 heavy (non-hydrogen) atoms. The minimum atomic E-state index is -1.48. The summed E-state index contributed by atoms with van der Waals surface area (Å²) in [5.41, 5.74) is 0. The van der Waals surface area contributed by atoms with Crippen LogP contribution in [0.5, 0.6) is 11.5 Å². The molecule has 0 amide bonds. The summed E-state index contributed by atoms with van der Waals surface area (Å²) in [4.78, 5) is 21.6.